The maximum Gasteiger partial charge on any atom is 0.258 e. The van der Waals surface area contributed by atoms with Gasteiger partial charge in [-0.1, -0.05) is 19.1 Å². The fraction of sp³-hybridized carbons (Fsp3) is 0.474. The van der Waals surface area contributed by atoms with Crippen LogP contribution in [0.2, 0.25) is 0 Å². The van der Waals surface area contributed by atoms with Gasteiger partial charge in [0.15, 0.2) is 0 Å². The zero-order chi connectivity index (χ0) is 18.7. The van der Waals surface area contributed by atoms with Gasteiger partial charge in [0, 0.05) is 26.6 Å². The van der Waals surface area contributed by atoms with Gasteiger partial charge in [0.1, 0.15) is 5.82 Å². The summed E-state index contributed by atoms with van der Waals surface area (Å²) >= 11 is 0. The lowest BCUT2D eigenvalue weighted by molar-refractivity contribution is -0.140. The highest BCUT2D eigenvalue weighted by Gasteiger charge is 2.29. The topological polar surface area (TPSA) is 86.4 Å². The minimum Gasteiger partial charge on any atom is -0.342 e. The average Bonchev–Trinajstić information content (AvgIpc) is 2.66. The van der Waals surface area contributed by atoms with Gasteiger partial charge < -0.3 is 14.8 Å². The van der Waals surface area contributed by atoms with Crippen LogP contribution in [0.3, 0.4) is 0 Å². The number of amides is 2. The van der Waals surface area contributed by atoms with Crippen molar-refractivity contribution >= 4 is 22.7 Å². The molecular formula is C19H24N4O3. The molecule has 1 fully saturated rings. The Kier molecular flexibility index (Phi) is 5.35. The molecule has 2 aromatic rings. The Morgan fingerprint density at radius 3 is 2.88 bits per heavy atom. The molecular weight excluding hydrogens is 332 g/mol. The lowest BCUT2D eigenvalue weighted by Crippen LogP contribution is -2.45. The lowest BCUT2D eigenvalue weighted by atomic mass is 9.96. The normalized spacial score (nSPS) is 17.3. The quantitative estimate of drug-likeness (QED) is 0.900. The third-order valence-corrected chi connectivity index (χ3v) is 4.85. The van der Waals surface area contributed by atoms with Crippen LogP contribution in [0, 0.1) is 5.92 Å². The van der Waals surface area contributed by atoms with Gasteiger partial charge in [0.05, 0.1) is 23.4 Å². The molecule has 1 atom stereocenters. The largest absolute Gasteiger partial charge is 0.342 e. The first-order valence-electron chi connectivity index (χ1n) is 9.00. The highest BCUT2D eigenvalue weighted by Crippen LogP contribution is 2.20. The number of likely N-dealkylation sites (tertiary alicyclic amines) is 1. The van der Waals surface area contributed by atoms with Crippen molar-refractivity contribution in [2.45, 2.75) is 32.7 Å². The second-order valence-electron chi connectivity index (χ2n) is 6.76. The van der Waals surface area contributed by atoms with Gasteiger partial charge in [0.25, 0.3) is 5.56 Å². The van der Waals surface area contributed by atoms with Crippen molar-refractivity contribution in [2.24, 2.45) is 5.92 Å². The summed E-state index contributed by atoms with van der Waals surface area (Å²) in [5.41, 5.74) is 0.410. The summed E-state index contributed by atoms with van der Waals surface area (Å²) in [6.07, 6.45) is 2.07. The molecule has 0 aliphatic carbocycles. The number of nitrogens with zero attached hydrogens (tertiary/aromatic N) is 3. The number of rotatable bonds is 4. The Labute approximate surface area is 152 Å². The molecule has 7 heteroatoms. The summed E-state index contributed by atoms with van der Waals surface area (Å²) in [5, 5.41) is 0.534. The highest BCUT2D eigenvalue weighted by molar-refractivity contribution is 5.81. The second kappa shape index (κ2) is 7.68. The van der Waals surface area contributed by atoms with E-state index in [1.54, 1.807) is 35.0 Å². The Morgan fingerprint density at radius 1 is 1.35 bits per heavy atom. The van der Waals surface area contributed by atoms with Crippen molar-refractivity contribution in [1.29, 1.82) is 0 Å². The molecule has 26 heavy (non-hydrogen) atoms. The summed E-state index contributed by atoms with van der Waals surface area (Å²) in [6.45, 7) is 3.26. The van der Waals surface area contributed by atoms with Crippen molar-refractivity contribution in [1.82, 2.24) is 19.8 Å². The molecule has 7 nitrogen and oxygen atoms in total. The molecule has 0 bridgehead atoms. The number of hydrogen-bond acceptors (Lipinski definition) is 4. The Hall–Kier alpha value is -2.70. The lowest BCUT2D eigenvalue weighted by Gasteiger charge is -2.33. The summed E-state index contributed by atoms with van der Waals surface area (Å²) in [4.78, 5) is 47.4. The van der Waals surface area contributed by atoms with E-state index < -0.39 is 0 Å². The van der Waals surface area contributed by atoms with Crippen LogP contribution in [0.1, 0.15) is 32.0 Å². The molecule has 0 radical (unpaired) electrons. The van der Waals surface area contributed by atoms with E-state index in [2.05, 4.69) is 9.97 Å². The third kappa shape index (κ3) is 3.76. The molecule has 0 unspecified atom stereocenters. The van der Waals surface area contributed by atoms with E-state index in [1.807, 2.05) is 13.0 Å². The molecule has 1 aliphatic heterocycles. The van der Waals surface area contributed by atoms with Crippen LogP contribution in [0.4, 0.5) is 0 Å². The monoisotopic (exact) mass is 356 g/mol. The number of nitrogens with one attached hydrogen (secondary N) is 1. The standard InChI is InChI=1S/C19H24N4O3/c1-3-17(24)23-10-6-7-13(11-23)19(26)22(2)12-16-20-15-9-5-4-8-14(15)18(25)21-16/h4-5,8-9,13H,3,6-7,10-12H2,1-2H3,(H,20,21,25)/t13-/m1/s1. The van der Waals surface area contributed by atoms with Crippen molar-refractivity contribution in [3.05, 3.63) is 40.4 Å². The van der Waals surface area contributed by atoms with Crippen LogP contribution in [-0.2, 0) is 16.1 Å². The molecule has 1 aromatic heterocycles. The molecule has 1 saturated heterocycles. The van der Waals surface area contributed by atoms with E-state index >= 15 is 0 Å². The number of carbonyl (C=O) groups is 2. The Balaban J connectivity index is 1.71. The van der Waals surface area contributed by atoms with Crippen LogP contribution < -0.4 is 5.56 Å². The maximum atomic E-state index is 12.8. The van der Waals surface area contributed by atoms with Gasteiger partial charge in [-0.15, -0.1) is 0 Å². The molecule has 3 rings (SSSR count). The van der Waals surface area contributed by atoms with E-state index in [1.165, 1.54) is 0 Å². The van der Waals surface area contributed by atoms with Crippen LogP contribution in [-0.4, -0.2) is 51.7 Å². The number of aromatic amines is 1. The highest BCUT2D eigenvalue weighted by atomic mass is 16.2. The number of H-pyrrole nitrogens is 1. The van der Waals surface area contributed by atoms with Gasteiger partial charge >= 0.3 is 0 Å². The first kappa shape index (κ1) is 18.1. The fourth-order valence-electron chi connectivity index (χ4n) is 3.45. The van der Waals surface area contributed by atoms with Gasteiger partial charge in [-0.3, -0.25) is 14.4 Å². The summed E-state index contributed by atoms with van der Waals surface area (Å²) in [7, 11) is 1.71. The summed E-state index contributed by atoms with van der Waals surface area (Å²) < 4.78 is 0. The number of hydrogen-bond donors (Lipinski definition) is 1. The van der Waals surface area contributed by atoms with Gasteiger partial charge in [-0.2, -0.15) is 0 Å². The first-order chi connectivity index (χ1) is 12.5. The summed E-state index contributed by atoms with van der Waals surface area (Å²) in [6, 6.07) is 7.13. The molecule has 0 saturated carbocycles. The van der Waals surface area contributed by atoms with Crippen molar-refractivity contribution in [3.63, 3.8) is 0 Å². The van der Waals surface area contributed by atoms with E-state index in [4.69, 9.17) is 0 Å². The maximum absolute atomic E-state index is 12.8. The smallest absolute Gasteiger partial charge is 0.258 e. The average molecular weight is 356 g/mol. The molecule has 1 N–H and O–H groups in total. The number of benzene rings is 1. The number of fused-ring (bicyclic) bond motifs is 1. The van der Waals surface area contributed by atoms with Crippen LogP contribution >= 0.6 is 0 Å². The van der Waals surface area contributed by atoms with Gasteiger partial charge in [-0.05, 0) is 25.0 Å². The minimum atomic E-state index is -0.205. The second-order valence-corrected chi connectivity index (χ2v) is 6.76. The summed E-state index contributed by atoms with van der Waals surface area (Å²) in [5.74, 6) is 0.332. The van der Waals surface area contributed by atoms with Crippen LogP contribution in [0.25, 0.3) is 10.9 Å². The first-order valence-corrected chi connectivity index (χ1v) is 9.00. The van der Waals surface area contributed by atoms with Crippen molar-refractivity contribution in [3.8, 4) is 0 Å². The zero-order valence-electron chi connectivity index (χ0n) is 15.2. The van der Waals surface area contributed by atoms with Crippen molar-refractivity contribution in [2.75, 3.05) is 20.1 Å². The molecule has 1 aliphatic rings. The molecule has 0 spiro atoms. The third-order valence-electron chi connectivity index (χ3n) is 4.85. The number of carbonyl (C=O) groups excluding carboxylic acids is 2. The van der Waals surface area contributed by atoms with E-state index in [0.717, 1.165) is 19.4 Å². The molecule has 138 valence electrons. The van der Waals surface area contributed by atoms with E-state index in [-0.39, 0.29) is 29.8 Å². The van der Waals surface area contributed by atoms with Crippen LogP contribution in [0.15, 0.2) is 29.1 Å². The SMILES string of the molecule is CCC(=O)N1CCC[C@@H](C(=O)N(C)Cc2nc3ccccc3c(=O)[nH]2)C1. The van der Waals surface area contributed by atoms with Crippen molar-refractivity contribution < 1.29 is 9.59 Å². The molecule has 1 aromatic carbocycles. The van der Waals surface area contributed by atoms with Gasteiger partial charge in [0.2, 0.25) is 11.8 Å². The number of para-hydroxylation sites is 1. The van der Waals surface area contributed by atoms with Crippen LogP contribution in [0.5, 0.6) is 0 Å². The molecule has 2 heterocycles. The zero-order valence-corrected chi connectivity index (χ0v) is 15.2. The predicted molar refractivity (Wildman–Crippen MR) is 98.4 cm³/mol. The fourth-order valence-corrected chi connectivity index (χ4v) is 3.45. The molecule has 2 amide bonds. The Bertz CT molecular complexity index is 876. The minimum absolute atomic E-state index is 0.0191. The predicted octanol–water partition coefficient (Wildman–Crippen LogP) is 1.53. The Morgan fingerprint density at radius 2 is 2.12 bits per heavy atom. The van der Waals surface area contributed by atoms with E-state index in [9.17, 15) is 14.4 Å². The van der Waals surface area contributed by atoms with E-state index in [0.29, 0.717) is 29.7 Å². The number of aromatic nitrogens is 2. The number of piperidine rings is 1. The van der Waals surface area contributed by atoms with Gasteiger partial charge in [-0.25, -0.2) is 4.98 Å².